The standard InChI is InChI=1S/C19H30BrFN4O5/c1-19(2,3)30-18(28)22-15(11-24-9-7-13(21)12(20)10-24)16(26)25-8-5-6-14(23-25)17(27)29-4/h7,12,14-15,23H,5-6,8-11H2,1-4H3,(H,22,28)/t12?,14-,15-/m0/s1. The quantitative estimate of drug-likeness (QED) is 0.442. The Bertz CT molecular complexity index is 684. The number of hydrogen-bond donors (Lipinski definition) is 2. The van der Waals surface area contributed by atoms with E-state index < -0.39 is 40.5 Å². The second-order valence-electron chi connectivity index (χ2n) is 8.31. The van der Waals surface area contributed by atoms with Gasteiger partial charge >= 0.3 is 12.1 Å². The Balaban J connectivity index is 2.12. The van der Waals surface area contributed by atoms with Crippen molar-refractivity contribution < 1.29 is 28.2 Å². The molecule has 2 aliphatic rings. The van der Waals surface area contributed by atoms with E-state index in [-0.39, 0.29) is 12.4 Å². The minimum absolute atomic E-state index is 0.158. The summed E-state index contributed by atoms with van der Waals surface area (Å²) in [6.45, 7) is 6.38. The highest BCUT2D eigenvalue weighted by atomic mass is 79.9. The van der Waals surface area contributed by atoms with Crippen LogP contribution in [-0.4, -0.2) is 83.7 Å². The predicted molar refractivity (Wildman–Crippen MR) is 111 cm³/mol. The maximum absolute atomic E-state index is 13.7. The van der Waals surface area contributed by atoms with Gasteiger partial charge in [-0.3, -0.25) is 19.5 Å². The Morgan fingerprint density at radius 2 is 2.10 bits per heavy atom. The van der Waals surface area contributed by atoms with Crippen molar-refractivity contribution in [3.05, 3.63) is 11.9 Å². The number of nitrogens with zero attached hydrogens (tertiary/aromatic N) is 2. The third-order valence-corrected chi connectivity index (χ3v) is 5.36. The number of methoxy groups -OCH3 is 1. The summed E-state index contributed by atoms with van der Waals surface area (Å²) in [4.78, 5) is 38.8. The molecule has 0 aromatic heterocycles. The number of nitrogens with one attached hydrogen (secondary N) is 2. The third kappa shape index (κ3) is 7.21. The number of ether oxygens (including phenoxy) is 2. The smallest absolute Gasteiger partial charge is 0.408 e. The number of hydrogen-bond acceptors (Lipinski definition) is 7. The highest BCUT2D eigenvalue weighted by Gasteiger charge is 2.35. The summed E-state index contributed by atoms with van der Waals surface area (Å²) in [6, 6.07) is -1.58. The van der Waals surface area contributed by atoms with Gasteiger partial charge < -0.3 is 14.8 Å². The van der Waals surface area contributed by atoms with E-state index in [4.69, 9.17) is 9.47 Å². The van der Waals surface area contributed by atoms with E-state index in [1.54, 1.807) is 20.8 Å². The number of carbonyl (C=O) groups excluding carboxylic acids is 3. The van der Waals surface area contributed by atoms with E-state index >= 15 is 0 Å². The van der Waals surface area contributed by atoms with Crippen molar-refractivity contribution in [2.24, 2.45) is 0 Å². The summed E-state index contributed by atoms with van der Waals surface area (Å²) in [7, 11) is 1.29. The lowest BCUT2D eigenvalue weighted by molar-refractivity contribution is -0.150. The molecule has 0 saturated carbocycles. The molecule has 2 aliphatic heterocycles. The molecule has 2 heterocycles. The third-order valence-electron chi connectivity index (χ3n) is 4.63. The Morgan fingerprint density at radius 1 is 1.40 bits per heavy atom. The van der Waals surface area contributed by atoms with Crippen LogP contribution in [0, 0.1) is 0 Å². The van der Waals surface area contributed by atoms with Gasteiger partial charge in [0.15, 0.2) is 0 Å². The van der Waals surface area contributed by atoms with E-state index in [2.05, 4.69) is 26.7 Å². The zero-order valence-corrected chi connectivity index (χ0v) is 19.3. The Labute approximate surface area is 184 Å². The summed E-state index contributed by atoms with van der Waals surface area (Å²) in [6.07, 6.45) is 1.86. The Morgan fingerprint density at radius 3 is 2.70 bits per heavy atom. The summed E-state index contributed by atoms with van der Waals surface area (Å²) < 4.78 is 23.7. The molecular formula is C19H30BrFN4O5. The average molecular weight is 493 g/mol. The van der Waals surface area contributed by atoms with Crippen LogP contribution in [0.5, 0.6) is 0 Å². The molecular weight excluding hydrogens is 463 g/mol. The Kier molecular flexibility index (Phi) is 8.62. The lowest BCUT2D eigenvalue weighted by Gasteiger charge is -2.37. The van der Waals surface area contributed by atoms with E-state index in [0.717, 1.165) is 0 Å². The van der Waals surface area contributed by atoms with Gasteiger partial charge in [-0.1, -0.05) is 15.9 Å². The minimum Gasteiger partial charge on any atom is -0.468 e. The van der Waals surface area contributed by atoms with Gasteiger partial charge in [0.1, 0.15) is 23.5 Å². The first-order chi connectivity index (χ1) is 14.0. The van der Waals surface area contributed by atoms with Gasteiger partial charge in [-0.05, 0) is 39.7 Å². The molecule has 30 heavy (non-hydrogen) atoms. The summed E-state index contributed by atoms with van der Waals surface area (Å²) in [5, 5.41) is 3.95. The van der Waals surface area contributed by atoms with Gasteiger partial charge in [0.2, 0.25) is 0 Å². The fourth-order valence-corrected chi connectivity index (χ4v) is 3.82. The SMILES string of the molecule is COC(=O)[C@@H]1CCCN(C(=O)[C@H](CN2CC=C(F)C(Br)C2)NC(=O)OC(C)(C)C)N1. The minimum atomic E-state index is -0.946. The summed E-state index contributed by atoms with van der Waals surface area (Å²) >= 11 is 3.26. The van der Waals surface area contributed by atoms with Crippen molar-refractivity contribution in [3.8, 4) is 0 Å². The fraction of sp³-hybridized carbons (Fsp3) is 0.737. The maximum Gasteiger partial charge on any atom is 0.408 e. The maximum atomic E-state index is 13.7. The number of carbonyl (C=O) groups is 3. The zero-order chi connectivity index (χ0) is 22.5. The normalized spacial score (nSPS) is 23.9. The molecule has 1 saturated heterocycles. The van der Waals surface area contributed by atoms with Crippen LogP contribution in [0.15, 0.2) is 11.9 Å². The number of hydrazine groups is 1. The van der Waals surface area contributed by atoms with Gasteiger partial charge in [-0.2, -0.15) is 0 Å². The van der Waals surface area contributed by atoms with Crippen LogP contribution in [0.25, 0.3) is 0 Å². The highest BCUT2D eigenvalue weighted by Crippen LogP contribution is 2.20. The van der Waals surface area contributed by atoms with Gasteiger partial charge in [0.05, 0.1) is 11.9 Å². The molecule has 2 N–H and O–H groups in total. The first-order valence-corrected chi connectivity index (χ1v) is 10.8. The number of halogens is 2. The van der Waals surface area contributed by atoms with Crippen LogP contribution >= 0.6 is 15.9 Å². The number of alkyl carbamates (subject to hydrolysis) is 1. The van der Waals surface area contributed by atoms with Gasteiger partial charge in [0.25, 0.3) is 5.91 Å². The highest BCUT2D eigenvalue weighted by molar-refractivity contribution is 9.09. The van der Waals surface area contributed by atoms with Crippen LogP contribution in [0.3, 0.4) is 0 Å². The van der Waals surface area contributed by atoms with Crippen molar-refractivity contribution in [1.82, 2.24) is 20.7 Å². The first-order valence-electron chi connectivity index (χ1n) is 9.87. The van der Waals surface area contributed by atoms with Crippen molar-refractivity contribution in [2.45, 2.75) is 56.1 Å². The molecule has 0 bridgehead atoms. The lowest BCUT2D eigenvalue weighted by atomic mass is 10.1. The molecule has 9 nitrogen and oxygen atoms in total. The van der Waals surface area contributed by atoms with E-state index in [9.17, 15) is 18.8 Å². The average Bonchev–Trinajstić information content (AvgIpc) is 2.67. The summed E-state index contributed by atoms with van der Waals surface area (Å²) in [5.74, 6) is -1.12. The molecule has 0 aromatic rings. The molecule has 1 unspecified atom stereocenters. The number of rotatable bonds is 5. The van der Waals surface area contributed by atoms with Gasteiger partial charge in [-0.25, -0.2) is 14.6 Å². The van der Waals surface area contributed by atoms with Crippen LogP contribution in [-0.2, 0) is 19.1 Å². The second kappa shape index (κ2) is 10.5. The van der Waals surface area contributed by atoms with Crippen LogP contribution < -0.4 is 10.7 Å². The zero-order valence-electron chi connectivity index (χ0n) is 17.7. The monoisotopic (exact) mass is 492 g/mol. The molecule has 3 atom stereocenters. The van der Waals surface area contributed by atoms with Crippen LogP contribution in [0.2, 0.25) is 0 Å². The number of amides is 2. The van der Waals surface area contributed by atoms with Gasteiger partial charge in [-0.15, -0.1) is 0 Å². The molecule has 0 aromatic carbocycles. The van der Waals surface area contributed by atoms with Crippen molar-refractivity contribution >= 4 is 33.9 Å². The first kappa shape index (κ1) is 24.5. The molecule has 1 fully saturated rings. The van der Waals surface area contributed by atoms with Crippen molar-refractivity contribution in [1.29, 1.82) is 0 Å². The van der Waals surface area contributed by atoms with E-state index in [0.29, 0.717) is 32.5 Å². The van der Waals surface area contributed by atoms with Gasteiger partial charge in [0, 0.05) is 26.2 Å². The predicted octanol–water partition coefficient (Wildman–Crippen LogP) is 1.48. The van der Waals surface area contributed by atoms with E-state index in [1.807, 2.05) is 4.90 Å². The molecule has 2 rings (SSSR count). The van der Waals surface area contributed by atoms with Crippen LogP contribution in [0.1, 0.15) is 33.6 Å². The van der Waals surface area contributed by atoms with Crippen molar-refractivity contribution in [3.63, 3.8) is 0 Å². The topological polar surface area (TPSA) is 100 Å². The van der Waals surface area contributed by atoms with Crippen LogP contribution in [0.4, 0.5) is 9.18 Å². The second-order valence-corrected chi connectivity index (χ2v) is 9.42. The van der Waals surface area contributed by atoms with Crippen molar-refractivity contribution in [2.75, 3.05) is 33.3 Å². The van der Waals surface area contributed by atoms with E-state index in [1.165, 1.54) is 18.2 Å². The molecule has 0 radical (unpaired) electrons. The lowest BCUT2D eigenvalue weighted by Crippen LogP contribution is -2.62. The molecule has 170 valence electrons. The molecule has 11 heteroatoms. The number of esters is 1. The fourth-order valence-electron chi connectivity index (χ4n) is 3.22. The summed E-state index contributed by atoms with van der Waals surface area (Å²) in [5.41, 5.74) is 2.15. The largest absolute Gasteiger partial charge is 0.468 e. The Hall–Kier alpha value is -1.72. The number of alkyl halides is 1. The molecule has 0 aliphatic carbocycles. The molecule has 2 amide bonds. The molecule has 0 spiro atoms.